The molecule has 0 saturated heterocycles. The van der Waals surface area contributed by atoms with Crippen LogP contribution in [0.4, 0.5) is 5.82 Å². The molecule has 0 bridgehead atoms. The number of anilines is 1. The average molecular weight is 237 g/mol. The summed E-state index contributed by atoms with van der Waals surface area (Å²) in [6.07, 6.45) is 3.73. The first kappa shape index (κ1) is 13.9. The monoisotopic (exact) mass is 237 g/mol. The molecule has 0 aliphatic heterocycles. The number of hydrogen-bond acceptors (Lipinski definition) is 4. The third-order valence-corrected chi connectivity index (χ3v) is 2.49. The van der Waals surface area contributed by atoms with Crippen molar-refractivity contribution in [3.8, 4) is 0 Å². The van der Waals surface area contributed by atoms with E-state index in [1.165, 1.54) is 5.56 Å². The highest BCUT2D eigenvalue weighted by atomic mass is 16.5. The van der Waals surface area contributed by atoms with Gasteiger partial charge >= 0.3 is 0 Å². The van der Waals surface area contributed by atoms with Crippen molar-refractivity contribution >= 4 is 5.82 Å². The quantitative estimate of drug-likeness (QED) is 0.674. The SMILES string of the molecule is CCCOCC(Cc1ccnc(N)c1)NCC. The number of nitrogen functional groups attached to an aromatic ring is 1. The van der Waals surface area contributed by atoms with Crippen LogP contribution in [0, 0.1) is 0 Å². The summed E-state index contributed by atoms with van der Waals surface area (Å²) in [5, 5.41) is 3.42. The molecule has 0 aromatic carbocycles. The summed E-state index contributed by atoms with van der Waals surface area (Å²) in [5.41, 5.74) is 6.86. The fraction of sp³-hybridized carbons (Fsp3) is 0.615. The number of hydrogen-bond donors (Lipinski definition) is 2. The molecule has 1 aromatic rings. The van der Waals surface area contributed by atoms with E-state index >= 15 is 0 Å². The number of rotatable bonds is 8. The number of nitrogens with two attached hydrogens (primary N) is 1. The number of ether oxygens (including phenoxy) is 1. The van der Waals surface area contributed by atoms with Gasteiger partial charge in [-0.3, -0.25) is 0 Å². The van der Waals surface area contributed by atoms with Gasteiger partial charge in [-0.2, -0.15) is 0 Å². The molecule has 3 N–H and O–H groups in total. The smallest absolute Gasteiger partial charge is 0.123 e. The Bertz CT molecular complexity index is 317. The molecule has 96 valence electrons. The zero-order chi connectivity index (χ0) is 12.5. The van der Waals surface area contributed by atoms with Gasteiger partial charge in [0.25, 0.3) is 0 Å². The van der Waals surface area contributed by atoms with Crippen molar-refractivity contribution < 1.29 is 4.74 Å². The average Bonchev–Trinajstić information content (AvgIpc) is 2.29. The number of pyridine rings is 1. The van der Waals surface area contributed by atoms with Gasteiger partial charge in [-0.1, -0.05) is 13.8 Å². The Morgan fingerprint density at radius 1 is 1.47 bits per heavy atom. The molecule has 1 aromatic heterocycles. The normalized spacial score (nSPS) is 12.6. The van der Waals surface area contributed by atoms with Gasteiger partial charge in [-0.25, -0.2) is 4.98 Å². The number of likely N-dealkylation sites (N-methyl/N-ethyl adjacent to an activating group) is 1. The summed E-state index contributed by atoms with van der Waals surface area (Å²) < 4.78 is 5.59. The molecule has 0 aliphatic rings. The topological polar surface area (TPSA) is 60.2 Å². The van der Waals surface area contributed by atoms with Crippen LogP contribution in [0.25, 0.3) is 0 Å². The van der Waals surface area contributed by atoms with Gasteiger partial charge < -0.3 is 15.8 Å². The van der Waals surface area contributed by atoms with E-state index in [9.17, 15) is 0 Å². The van der Waals surface area contributed by atoms with Crippen LogP contribution >= 0.6 is 0 Å². The Labute approximate surface area is 104 Å². The molecular weight excluding hydrogens is 214 g/mol. The van der Waals surface area contributed by atoms with Gasteiger partial charge in [0.2, 0.25) is 0 Å². The lowest BCUT2D eigenvalue weighted by Gasteiger charge is -2.18. The van der Waals surface area contributed by atoms with Crippen LogP contribution in [0.2, 0.25) is 0 Å². The molecule has 0 spiro atoms. The first-order chi connectivity index (χ1) is 8.26. The van der Waals surface area contributed by atoms with E-state index < -0.39 is 0 Å². The minimum absolute atomic E-state index is 0.341. The number of nitrogens with zero attached hydrogens (tertiary/aromatic N) is 1. The molecule has 4 heteroatoms. The maximum Gasteiger partial charge on any atom is 0.123 e. The molecule has 1 atom stereocenters. The summed E-state index contributed by atoms with van der Waals surface area (Å²) >= 11 is 0. The highest BCUT2D eigenvalue weighted by Gasteiger charge is 2.08. The van der Waals surface area contributed by atoms with Crippen molar-refractivity contribution in [1.29, 1.82) is 0 Å². The lowest BCUT2D eigenvalue weighted by atomic mass is 10.1. The van der Waals surface area contributed by atoms with Crippen LogP contribution in [-0.2, 0) is 11.2 Å². The molecule has 0 radical (unpaired) electrons. The number of nitrogens with one attached hydrogen (secondary N) is 1. The van der Waals surface area contributed by atoms with Crippen molar-refractivity contribution in [3.63, 3.8) is 0 Å². The maximum atomic E-state index is 5.67. The minimum atomic E-state index is 0.341. The van der Waals surface area contributed by atoms with Crippen LogP contribution in [0.5, 0.6) is 0 Å². The molecule has 17 heavy (non-hydrogen) atoms. The van der Waals surface area contributed by atoms with Gasteiger partial charge in [0.1, 0.15) is 5.82 Å². The summed E-state index contributed by atoms with van der Waals surface area (Å²) in [7, 11) is 0. The van der Waals surface area contributed by atoms with Crippen molar-refractivity contribution in [2.75, 3.05) is 25.5 Å². The zero-order valence-corrected chi connectivity index (χ0v) is 10.8. The van der Waals surface area contributed by atoms with E-state index in [2.05, 4.69) is 24.1 Å². The summed E-state index contributed by atoms with van der Waals surface area (Å²) in [5.74, 6) is 0.576. The van der Waals surface area contributed by atoms with Crippen molar-refractivity contribution in [1.82, 2.24) is 10.3 Å². The predicted octanol–water partition coefficient (Wildman–Crippen LogP) is 1.61. The summed E-state index contributed by atoms with van der Waals surface area (Å²) in [6.45, 7) is 6.73. The van der Waals surface area contributed by atoms with E-state index in [-0.39, 0.29) is 0 Å². The molecule has 0 aliphatic carbocycles. The third-order valence-electron chi connectivity index (χ3n) is 2.49. The summed E-state index contributed by atoms with van der Waals surface area (Å²) in [6, 6.07) is 4.26. The largest absolute Gasteiger partial charge is 0.384 e. The van der Waals surface area contributed by atoms with E-state index in [1.807, 2.05) is 12.1 Å². The Morgan fingerprint density at radius 3 is 2.94 bits per heavy atom. The lowest BCUT2D eigenvalue weighted by molar-refractivity contribution is 0.112. The third kappa shape index (κ3) is 5.65. The molecule has 1 rings (SSSR count). The highest BCUT2D eigenvalue weighted by Crippen LogP contribution is 2.06. The molecule has 0 saturated carbocycles. The van der Waals surface area contributed by atoms with Gasteiger partial charge in [0.05, 0.1) is 6.61 Å². The fourth-order valence-corrected chi connectivity index (χ4v) is 1.75. The van der Waals surface area contributed by atoms with Crippen molar-refractivity contribution in [3.05, 3.63) is 23.9 Å². The van der Waals surface area contributed by atoms with Crippen molar-refractivity contribution in [2.45, 2.75) is 32.7 Å². The van der Waals surface area contributed by atoms with Gasteiger partial charge in [-0.15, -0.1) is 0 Å². The van der Waals surface area contributed by atoms with Crippen molar-refractivity contribution in [2.24, 2.45) is 0 Å². The Hall–Kier alpha value is -1.13. The second kappa shape index (κ2) is 8.03. The second-order valence-corrected chi connectivity index (χ2v) is 4.12. The van der Waals surface area contributed by atoms with Gasteiger partial charge in [0, 0.05) is 18.8 Å². The highest BCUT2D eigenvalue weighted by molar-refractivity contribution is 5.32. The Balaban J connectivity index is 2.47. The van der Waals surface area contributed by atoms with Crippen LogP contribution in [-0.4, -0.2) is 30.8 Å². The molecule has 0 fully saturated rings. The molecule has 1 unspecified atom stereocenters. The first-order valence-electron chi connectivity index (χ1n) is 6.27. The van der Waals surface area contributed by atoms with Crippen LogP contribution in [0.15, 0.2) is 18.3 Å². The fourth-order valence-electron chi connectivity index (χ4n) is 1.75. The van der Waals surface area contributed by atoms with Crippen LogP contribution in [0.1, 0.15) is 25.8 Å². The van der Waals surface area contributed by atoms with Crippen LogP contribution < -0.4 is 11.1 Å². The first-order valence-corrected chi connectivity index (χ1v) is 6.27. The van der Waals surface area contributed by atoms with Gasteiger partial charge in [-0.05, 0) is 37.1 Å². The second-order valence-electron chi connectivity index (χ2n) is 4.12. The maximum absolute atomic E-state index is 5.67. The minimum Gasteiger partial charge on any atom is -0.384 e. The zero-order valence-electron chi connectivity index (χ0n) is 10.8. The standard InChI is InChI=1S/C13H23N3O/c1-3-7-17-10-12(15-4-2)8-11-5-6-16-13(14)9-11/h5-6,9,12,15H,3-4,7-8,10H2,1-2H3,(H2,14,16). The van der Waals surface area contributed by atoms with E-state index in [0.29, 0.717) is 11.9 Å². The predicted molar refractivity (Wildman–Crippen MR) is 70.9 cm³/mol. The molecular formula is C13H23N3O. The van der Waals surface area contributed by atoms with E-state index in [1.54, 1.807) is 6.20 Å². The summed E-state index contributed by atoms with van der Waals surface area (Å²) in [4.78, 5) is 3.99. The number of aromatic nitrogens is 1. The van der Waals surface area contributed by atoms with Gasteiger partial charge in [0.15, 0.2) is 0 Å². The van der Waals surface area contributed by atoms with E-state index in [4.69, 9.17) is 10.5 Å². The Morgan fingerprint density at radius 2 is 2.29 bits per heavy atom. The van der Waals surface area contributed by atoms with E-state index in [0.717, 1.165) is 32.6 Å². The molecule has 4 nitrogen and oxygen atoms in total. The van der Waals surface area contributed by atoms with Crippen LogP contribution in [0.3, 0.4) is 0 Å². The molecule has 1 heterocycles. The Kier molecular flexibility index (Phi) is 6.58. The lowest BCUT2D eigenvalue weighted by Crippen LogP contribution is -2.35. The molecule has 0 amide bonds.